The van der Waals surface area contributed by atoms with Crippen LogP contribution in [0.3, 0.4) is 0 Å². The Labute approximate surface area is 62.6 Å². The second-order valence-corrected chi connectivity index (χ2v) is 2.59. The van der Waals surface area contributed by atoms with Gasteiger partial charge in [0.2, 0.25) is 0 Å². The Morgan fingerprint density at radius 3 is 2.60 bits per heavy atom. The monoisotopic (exact) mass is 143 g/mol. The van der Waals surface area contributed by atoms with Crippen molar-refractivity contribution in [3.05, 3.63) is 6.42 Å². The third-order valence-electron chi connectivity index (χ3n) is 1.04. The summed E-state index contributed by atoms with van der Waals surface area (Å²) in [6.07, 6.45) is 2.40. The van der Waals surface area contributed by atoms with Crippen molar-refractivity contribution in [3.63, 3.8) is 0 Å². The molecule has 0 saturated heterocycles. The van der Waals surface area contributed by atoms with Crippen molar-refractivity contribution in [2.24, 2.45) is 5.92 Å². The molecule has 0 bridgehead atoms. The van der Waals surface area contributed by atoms with E-state index in [2.05, 4.69) is 13.8 Å². The van der Waals surface area contributed by atoms with Crippen LogP contribution in [-0.2, 0) is 9.53 Å². The lowest BCUT2D eigenvalue weighted by molar-refractivity contribution is -0.139. The predicted molar refractivity (Wildman–Crippen MR) is 40.4 cm³/mol. The molecular formula is C8H15O2. The second kappa shape index (κ2) is 5.27. The highest BCUT2D eigenvalue weighted by Crippen LogP contribution is 2.02. The summed E-state index contributed by atoms with van der Waals surface area (Å²) in [5, 5.41) is 0. The molecule has 0 aromatic carbocycles. The van der Waals surface area contributed by atoms with E-state index in [1.807, 2.05) is 0 Å². The largest absolute Gasteiger partial charge is 0.466 e. The van der Waals surface area contributed by atoms with Crippen molar-refractivity contribution in [1.29, 1.82) is 0 Å². The van der Waals surface area contributed by atoms with Gasteiger partial charge in [0, 0.05) is 0 Å². The molecule has 0 aliphatic carbocycles. The zero-order chi connectivity index (χ0) is 7.98. The minimum absolute atomic E-state index is 0.198. The van der Waals surface area contributed by atoms with Gasteiger partial charge in [-0.1, -0.05) is 13.8 Å². The highest BCUT2D eigenvalue weighted by atomic mass is 16.5. The predicted octanol–water partition coefficient (Wildman–Crippen LogP) is 1.80. The average molecular weight is 143 g/mol. The number of hydrogen-bond acceptors (Lipinski definition) is 2. The Balaban J connectivity index is 3.22. The maximum atomic E-state index is 10.7. The van der Waals surface area contributed by atoms with Crippen LogP contribution in [0.2, 0.25) is 0 Å². The van der Waals surface area contributed by atoms with Crippen molar-refractivity contribution in [1.82, 2.24) is 0 Å². The van der Waals surface area contributed by atoms with Crippen LogP contribution in [0.15, 0.2) is 0 Å². The van der Waals surface area contributed by atoms with Crippen LogP contribution >= 0.6 is 0 Å². The minimum atomic E-state index is -0.198. The van der Waals surface area contributed by atoms with Crippen LogP contribution in [0.25, 0.3) is 0 Å². The van der Waals surface area contributed by atoms with Crippen molar-refractivity contribution in [2.45, 2.75) is 27.2 Å². The van der Waals surface area contributed by atoms with Gasteiger partial charge in [0.05, 0.1) is 13.0 Å². The summed E-state index contributed by atoms with van der Waals surface area (Å²) in [5.41, 5.74) is 0. The summed E-state index contributed by atoms with van der Waals surface area (Å²) in [4.78, 5) is 10.7. The summed E-state index contributed by atoms with van der Waals surface area (Å²) >= 11 is 0. The van der Waals surface area contributed by atoms with Crippen molar-refractivity contribution in [2.75, 3.05) is 6.61 Å². The first-order chi connectivity index (χ1) is 4.66. The number of esters is 1. The van der Waals surface area contributed by atoms with Gasteiger partial charge in [-0.25, -0.2) is 0 Å². The van der Waals surface area contributed by atoms with E-state index in [4.69, 9.17) is 4.74 Å². The molecular weight excluding hydrogens is 128 g/mol. The molecule has 0 spiro atoms. The Hall–Kier alpha value is -0.530. The Morgan fingerprint density at radius 2 is 2.20 bits per heavy atom. The standard InChI is InChI=1S/C8H15O2/c1-4-10-8(9)6-5-7(2)3/h6-7H,4-5H2,1-3H3. The van der Waals surface area contributed by atoms with Gasteiger partial charge in [0.25, 0.3) is 0 Å². The molecule has 0 saturated carbocycles. The number of rotatable bonds is 4. The smallest absolute Gasteiger partial charge is 0.309 e. The van der Waals surface area contributed by atoms with Gasteiger partial charge in [0.15, 0.2) is 0 Å². The van der Waals surface area contributed by atoms with Gasteiger partial charge in [0.1, 0.15) is 0 Å². The van der Waals surface area contributed by atoms with E-state index in [1.54, 1.807) is 13.3 Å². The fraction of sp³-hybridized carbons (Fsp3) is 0.750. The van der Waals surface area contributed by atoms with Gasteiger partial charge in [-0.3, -0.25) is 4.79 Å². The highest BCUT2D eigenvalue weighted by molar-refractivity contribution is 5.78. The third kappa shape index (κ3) is 5.60. The van der Waals surface area contributed by atoms with Crippen molar-refractivity contribution in [3.8, 4) is 0 Å². The molecule has 2 nitrogen and oxygen atoms in total. The van der Waals surface area contributed by atoms with E-state index in [-0.39, 0.29) is 5.97 Å². The zero-order valence-electron chi connectivity index (χ0n) is 6.89. The van der Waals surface area contributed by atoms with Gasteiger partial charge >= 0.3 is 5.97 Å². The van der Waals surface area contributed by atoms with Crippen LogP contribution in [0, 0.1) is 12.3 Å². The maximum absolute atomic E-state index is 10.7. The molecule has 0 heterocycles. The molecule has 59 valence electrons. The fourth-order valence-corrected chi connectivity index (χ4v) is 0.533. The molecule has 1 radical (unpaired) electrons. The minimum Gasteiger partial charge on any atom is -0.466 e. The van der Waals surface area contributed by atoms with Crippen LogP contribution < -0.4 is 0 Å². The molecule has 0 aromatic rings. The Morgan fingerprint density at radius 1 is 1.60 bits per heavy atom. The molecule has 0 N–H and O–H groups in total. The topological polar surface area (TPSA) is 26.3 Å². The third-order valence-corrected chi connectivity index (χ3v) is 1.04. The van der Waals surface area contributed by atoms with Crippen LogP contribution in [-0.4, -0.2) is 12.6 Å². The fourth-order valence-electron chi connectivity index (χ4n) is 0.533. The van der Waals surface area contributed by atoms with Gasteiger partial charge in [-0.05, 0) is 19.3 Å². The van der Waals surface area contributed by atoms with Crippen molar-refractivity contribution >= 4 is 5.97 Å². The number of carbonyl (C=O) groups excluding carboxylic acids is 1. The molecule has 0 aliphatic heterocycles. The zero-order valence-corrected chi connectivity index (χ0v) is 6.89. The lowest BCUT2D eigenvalue weighted by Gasteiger charge is -2.02. The molecule has 2 heteroatoms. The van der Waals surface area contributed by atoms with E-state index in [9.17, 15) is 4.79 Å². The summed E-state index contributed by atoms with van der Waals surface area (Å²) in [7, 11) is 0. The molecule has 0 aliphatic rings. The highest BCUT2D eigenvalue weighted by Gasteiger charge is 2.02. The van der Waals surface area contributed by atoms with Gasteiger partial charge in [-0.2, -0.15) is 0 Å². The Kier molecular flexibility index (Phi) is 4.99. The van der Waals surface area contributed by atoms with E-state index < -0.39 is 0 Å². The SMILES string of the molecule is CCOC(=O)[CH]CC(C)C. The van der Waals surface area contributed by atoms with E-state index in [0.717, 1.165) is 6.42 Å². The number of carbonyl (C=O) groups is 1. The van der Waals surface area contributed by atoms with Crippen molar-refractivity contribution < 1.29 is 9.53 Å². The summed E-state index contributed by atoms with van der Waals surface area (Å²) in [5.74, 6) is 0.334. The normalized spacial score (nSPS) is 10.0. The average Bonchev–Trinajstić information content (AvgIpc) is 1.85. The number of hydrogen-bond donors (Lipinski definition) is 0. The molecule has 0 atom stereocenters. The lowest BCUT2D eigenvalue weighted by atomic mass is 10.1. The molecule has 10 heavy (non-hydrogen) atoms. The first kappa shape index (κ1) is 9.47. The van der Waals surface area contributed by atoms with Crippen LogP contribution in [0.4, 0.5) is 0 Å². The molecule has 0 rings (SSSR count). The molecule has 0 unspecified atom stereocenters. The van der Waals surface area contributed by atoms with Crippen LogP contribution in [0.1, 0.15) is 27.2 Å². The van der Waals surface area contributed by atoms with E-state index in [0.29, 0.717) is 12.5 Å². The maximum Gasteiger partial charge on any atom is 0.309 e. The summed E-state index contributed by atoms with van der Waals surface area (Å²) < 4.78 is 4.70. The quantitative estimate of drug-likeness (QED) is 0.561. The second-order valence-electron chi connectivity index (χ2n) is 2.59. The summed E-state index contributed by atoms with van der Waals surface area (Å²) in [6, 6.07) is 0. The molecule has 0 amide bonds. The van der Waals surface area contributed by atoms with E-state index in [1.165, 1.54) is 0 Å². The Bertz CT molecular complexity index is 97.4. The summed E-state index contributed by atoms with van der Waals surface area (Å²) in [6.45, 7) is 6.40. The number of ether oxygens (including phenoxy) is 1. The first-order valence-corrected chi connectivity index (χ1v) is 3.66. The van der Waals surface area contributed by atoms with Crippen LogP contribution in [0.5, 0.6) is 0 Å². The first-order valence-electron chi connectivity index (χ1n) is 3.66. The molecule has 0 fully saturated rings. The van der Waals surface area contributed by atoms with E-state index >= 15 is 0 Å². The van der Waals surface area contributed by atoms with Gasteiger partial charge < -0.3 is 4.74 Å². The lowest BCUT2D eigenvalue weighted by Crippen LogP contribution is -2.05. The molecule has 0 aromatic heterocycles. The van der Waals surface area contributed by atoms with Gasteiger partial charge in [-0.15, -0.1) is 0 Å².